The molecule has 2 N–H and O–H groups in total. The van der Waals surface area contributed by atoms with E-state index in [9.17, 15) is 9.90 Å². The van der Waals surface area contributed by atoms with Crippen molar-refractivity contribution in [2.45, 2.75) is 44.2 Å². The summed E-state index contributed by atoms with van der Waals surface area (Å²) < 4.78 is 5.22. The molecule has 1 fully saturated rings. The summed E-state index contributed by atoms with van der Waals surface area (Å²) in [5, 5.41) is 13.3. The molecular formula is C27H33N3O3. The normalized spacial score (nSPS) is 24.1. The number of carbonyl (C=O) groups is 1. The van der Waals surface area contributed by atoms with Crippen molar-refractivity contribution in [1.82, 2.24) is 4.90 Å². The fourth-order valence-corrected chi connectivity index (χ4v) is 5.85. The lowest BCUT2D eigenvalue weighted by atomic mass is 9.80. The lowest BCUT2D eigenvalue weighted by molar-refractivity contribution is 0.168. The number of rotatable bonds is 4. The predicted octanol–water partition coefficient (Wildman–Crippen LogP) is 5.06. The molecular weight excluding hydrogens is 414 g/mol. The molecule has 5 rings (SSSR count). The molecule has 33 heavy (non-hydrogen) atoms. The van der Waals surface area contributed by atoms with Gasteiger partial charge in [0.2, 0.25) is 0 Å². The maximum Gasteiger partial charge on any atom is 0.322 e. The summed E-state index contributed by atoms with van der Waals surface area (Å²) in [5.74, 6) is 0.957. The number of anilines is 2. The first-order valence-electron chi connectivity index (χ1n) is 12.0. The van der Waals surface area contributed by atoms with Crippen LogP contribution in [0.3, 0.4) is 0 Å². The Hall–Kier alpha value is -2.99. The number of aliphatic hydroxyl groups excluding tert-OH is 1. The van der Waals surface area contributed by atoms with Gasteiger partial charge in [-0.3, -0.25) is 0 Å². The lowest BCUT2D eigenvalue weighted by Crippen LogP contribution is -2.48. The van der Waals surface area contributed by atoms with Crippen LogP contribution in [0.2, 0.25) is 0 Å². The average Bonchev–Trinajstić information content (AvgIpc) is 3.30. The van der Waals surface area contributed by atoms with Gasteiger partial charge < -0.3 is 25.0 Å². The number of nitrogens with zero attached hydrogens (tertiary/aromatic N) is 2. The van der Waals surface area contributed by atoms with Crippen LogP contribution in [0.5, 0.6) is 5.75 Å². The number of ether oxygens (including phenoxy) is 1. The Labute approximate surface area is 195 Å². The molecule has 1 aliphatic carbocycles. The predicted molar refractivity (Wildman–Crippen MR) is 132 cm³/mol. The third-order valence-electron chi connectivity index (χ3n) is 7.61. The number of amides is 2. The molecule has 6 heteroatoms. The number of likely N-dealkylation sites (N-methyl/N-ethyl adjacent to an activating group) is 1. The minimum atomic E-state index is -0.0952. The van der Waals surface area contributed by atoms with Crippen molar-refractivity contribution in [2.75, 3.05) is 37.5 Å². The van der Waals surface area contributed by atoms with Crippen molar-refractivity contribution < 1.29 is 14.6 Å². The van der Waals surface area contributed by atoms with Crippen LogP contribution in [0.4, 0.5) is 16.2 Å². The van der Waals surface area contributed by atoms with Gasteiger partial charge in [-0.25, -0.2) is 4.79 Å². The lowest BCUT2D eigenvalue weighted by Gasteiger charge is -2.44. The zero-order valence-corrected chi connectivity index (χ0v) is 19.5. The average molecular weight is 448 g/mol. The Morgan fingerprint density at radius 3 is 2.70 bits per heavy atom. The monoisotopic (exact) mass is 447 g/mol. The van der Waals surface area contributed by atoms with Gasteiger partial charge in [0.25, 0.3) is 0 Å². The summed E-state index contributed by atoms with van der Waals surface area (Å²) in [5.41, 5.74) is 5.74. The Bertz CT molecular complexity index is 1050. The first-order chi connectivity index (χ1) is 16.1. The molecule has 0 spiro atoms. The zero-order valence-electron chi connectivity index (χ0n) is 19.5. The fraction of sp³-hybridized carbons (Fsp3) is 0.444. The van der Waals surface area contributed by atoms with E-state index in [1.54, 1.807) is 7.11 Å². The second-order valence-corrected chi connectivity index (χ2v) is 9.36. The number of hydrogen-bond acceptors (Lipinski definition) is 4. The summed E-state index contributed by atoms with van der Waals surface area (Å²) in [7, 11) is 3.69. The topological polar surface area (TPSA) is 65.0 Å². The number of carbonyl (C=O) groups excluding carboxylic acids is 1. The molecule has 1 saturated heterocycles. The number of nitrogens with one attached hydrogen (secondary N) is 1. The number of urea groups is 1. The van der Waals surface area contributed by atoms with E-state index in [-0.39, 0.29) is 30.6 Å². The third kappa shape index (κ3) is 3.97. The SMILES string of the molecule is COc1ccc(NC(=O)N2CC[C@H]3[C@@H]2c2cc(C4=CCCCC4)ccc2N(C)[C@H]3CO)cc1. The summed E-state index contributed by atoms with van der Waals surface area (Å²) in [4.78, 5) is 17.6. The molecule has 0 unspecified atom stereocenters. The largest absolute Gasteiger partial charge is 0.497 e. The van der Waals surface area contributed by atoms with Crippen molar-refractivity contribution >= 4 is 23.0 Å². The standard InChI is InChI=1S/C27H33N3O3/c1-29-24-13-8-19(18-6-4-3-5-7-18)16-23(24)26-22(25(29)17-31)14-15-30(26)27(32)28-20-9-11-21(33-2)12-10-20/h6,8-13,16,22,25-26,31H,3-5,7,14-15,17H2,1-2H3,(H,28,32)/t22-,25+,26-/m1/s1. The third-order valence-corrected chi connectivity index (χ3v) is 7.61. The molecule has 0 radical (unpaired) electrons. The summed E-state index contributed by atoms with van der Waals surface area (Å²) >= 11 is 0. The smallest absolute Gasteiger partial charge is 0.322 e. The van der Waals surface area contributed by atoms with Crippen molar-refractivity contribution in [2.24, 2.45) is 5.92 Å². The van der Waals surface area contributed by atoms with Crippen LogP contribution < -0.4 is 15.0 Å². The molecule has 3 atom stereocenters. The summed E-state index contributed by atoms with van der Waals surface area (Å²) in [6.07, 6.45) is 8.00. The highest BCUT2D eigenvalue weighted by molar-refractivity contribution is 5.90. The number of likely N-dealkylation sites (tertiary alicyclic amines) is 1. The highest BCUT2D eigenvalue weighted by Gasteiger charge is 2.47. The summed E-state index contributed by atoms with van der Waals surface area (Å²) in [6.45, 7) is 0.756. The quantitative estimate of drug-likeness (QED) is 0.688. The van der Waals surface area contributed by atoms with E-state index in [1.807, 2.05) is 29.2 Å². The molecule has 174 valence electrons. The van der Waals surface area contributed by atoms with Crippen molar-refractivity contribution in [3.8, 4) is 5.75 Å². The van der Waals surface area contributed by atoms with E-state index in [0.717, 1.165) is 36.4 Å². The van der Waals surface area contributed by atoms with Crippen LogP contribution in [0.15, 0.2) is 48.5 Å². The molecule has 6 nitrogen and oxygen atoms in total. The zero-order chi connectivity index (χ0) is 22.9. The Morgan fingerprint density at radius 2 is 2.00 bits per heavy atom. The molecule has 2 aromatic rings. The van der Waals surface area contributed by atoms with Crippen molar-refractivity contribution in [3.63, 3.8) is 0 Å². The molecule has 0 bridgehead atoms. The second-order valence-electron chi connectivity index (χ2n) is 9.36. The Kier molecular flexibility index (Phi) is 6.02. The van der Waals surface area contributed by atoms with E-state index in [0.29, 0.717) is 6.54 Å². The van der Waals surface area contributed by atoms with E-state index in [2.05, 4.69) is 41.5 Å². The molecule has 2 amide bonds. The van der Waals surface area contributed by atoms with Gasteiger partial charge in [-0.1, -0.05) is 12.1 Å². The number of hydrogen-bond donors (Lipinski definition) is 2. The molecule has 3 aliphatic rings. The molecule has 0 saturated carbocycles. The molecule has 2 aliphatic heterocycles. The van der Waals surface area contributed by atoms with Crippen LogP contribution in [-0.4, -0.2) is 49.4 Å². The maximum atomic E-state index is 13.4. The number of aliphatic hydroxyl groups is 1. The first kappa shape index (κ1) is 21.8. The maximum absolute atomic E-state index is 13.4. The number of benzene rings is 2. The van der Waals surface area contributed by atoms with Gasteiger partial charge in [0, 0.05) is 30.9 Å². The van der Waals surface area contributed by atoms with Gasteiger partial charge >= 0.3 is 6.03 Å². The number of fused-ring (bicyclic) bond motifs is 3. The van der Waals surface area contributed by atoms with Gasteiger partial charge in [0.15, 0.2) is 0 Å². The highest BCUT2D eigenvalue weighted by atomic mass is 16.5. The Morgan fingerprint density at radius 1 is 1.18 bits per heavy atom. The van der Waals surface area contributed by atoms with Crippen LogP contribution in [0.25, 0.3) is 5.57 Å². The van der Waals surface area contributed by atoms with Crippen LogP contribution in [0, 0.1) is 5.92 Å². The van der Waals surface area contributed by atoms with Crippen molar-refractivity contribution in [1.29, 1.82) is 0 Å². The second kappa shape index (κ2) is 9.10. The van der Waals surface area contributed by atoms with Gasteiger partial charge in [0.1, 0.15) is 5.75 Å². The summed E-state index contributed by atoms with van der Waals surface area (Å²) in [6, 6.07) is 14.0. The fourth-order valence-electron chi connectivity index (χ4n) is 5.85. The van der Waals surface area contributed by atoms with E-state index in [4.69, 9.17) is 4.74 Å². The minimum Gasteiger partial charge on any atom is -0.497 e. The first-order valence-corrected chi connectivity index (χ1v) is 12.0. The van der Waals surface area contributed by atoms with Gasteiger partial charge in [-0.05, 0) is 85.2 Å². The molecule has 2 aromatic carbocycles. The number of allylic oxidation sites excluding steroid dienone is 2. The van der Waals surface area contributed by atoms with Crippen LogP contribution in [-0.2, 0) is 0 Å². The van der Waals surface area contributed by atoms with Gasteiger partial charge in [-0.15, -0.1) is 0 Å². The van der Waals surface area contributed by atoms with E-state index >= 15 is 0 Å². The highest BCUT2D eigenvalue weighted by Crippen LogP contribution is 2.49. The number of methoxy groups -OCH3 is 1. The van der Waals surface area contributed by atoms with Gasteiger partial charge in [0.05, 0.1) is 25.8 Å². The minimum absolute atomic E-state index is 0.000956. The van der Waals surface area contributed by atoms with Crippen LogP contribution >= 0.6 is 0 Å². The molecule has 2 heterocycles. The Balaban J connectivity index is 1.48. The van der Waals surface area contributed by atoms with Crippen molar-refractivity contribution in [3.05, 3.63) is 59.7 Å². The van der Waals surface area contributed by atoms with Gasteiger partial charge in [-0.2, -0.15) is 0 Å². The van der Waals surface area contributed by atoms with Crippen LogP contribution in [0.1, 0.15) is 49.3 Å². The molecule has 0 aromatic heterocycles. The van der Waals surface area contributed by atoms with E-state index in [1.165, 1.54) is 29.5 Å². The van der Waals surface area contributed by atoms with E-state index < -0.39 is 0 Å².